The first-order chi connectivity index (χ1) is 19.9. The SMILES string of the molecule is CCC(CC)C(=O)/C=C(\O)C(CC)CC.CC[Si](CC)(CC)c1ccnc(-c2[c-]c3ccccc3c(C(C)(C)C)c2)c1.[Ir]. The van der Waals surface area contributed by atoms with Crippen LogP contribution in [-0.4, -0.2) is 23.9 Å². The summed E-state index contributed by atoms with van der Waals surface area (Å²) in [6, 6.07) is 23.0. The van der Waals surface area contributed by atoms with Gasteiger partial charge in [0.05, 0.1) is 13.8 Å². The van der Waals surface area contributed by atoms with Gasteiger partial charge in [-0.1, -0.05) is 128 Å². The fourth-order valence-corrected chi connectivity index (χ4v) is 9.63. The number of aliphatic hydroxyl groups excluding tert-OH is 1. The largest absolute Gasteiger partial charge is 0.512 e. The Kier molecular flexibility index (Phi) is 16.3. The first kappa shape index (κ1) is 39.0. The number of carbonyl (C=O) groups is 1. The maximum absolute atomic E-state index is 11.7. The minimum atomic E-state index is -1.42. The first-order valence-corrected chi connectivity index (χ1v) is 18.9. The molecule has 0 amide bonds. The van der Waals surface area contributed by atoms with E-state index in [1.165, 1.54) is 40.5 Å². The van der Waals surface area contributed by atoms with Gasteiger partial charge in [-0.2, -0.15) is 0 Å². The molecule has 1 aromatic heterocycles. The van der Waals surface area contributed by atoms with Crippen molar-refractivity contribution in [2.75, 3.05) is 0 Å². The molecule has 239 valence electrons. The average molecular weight is 779 g/mol. The predicted octanol–water partition coefficient (Wildman–Crippen LogP) is 10.6. The second kappa shape index (κ2) is 18.0. The fraction of sp³-hybridized carbons (Fsp3) is 0.526. The van der Waals surface area contributed by atoms with E-state index in [0.29, 0.717) is 0 Å². The minimum Gasteiger partial charge on any atom is -0.512 e. The molecule has 1 heterocycles. The van der Waals surface area contributed by atoms with E-state index in [4.69, 9.17) is 4.98 Å². The van der Waals surface area contributed by atoms with Gasteiger partial charge in [0, 0.05) is 49.9 Å². The molecule has 0 aliphatic carbocycles. The van der Waals surface area contributed by atoms with Crippen LogP contribution in [0.4, 0.5) is 0 Å². The molecule has 0 atom stereocenters. The van der Waals surface area contributed by atoms with Crippen LogP contribution in [0.2, 0.25) is 18.1 Å². The Labute approximate surface area is 277 Å². The Morgan fingerprint density at radius 1 is 0.884 bits per heavy atom. The summed E-state index contributed by atoms with van der Waals surface area (Å²) in [5.74, 6) is 0.547. The van der Waals surface area contributed by atoms with Crippen LogP contribution in [0.15, 0.2) is 60.5 Å². The van der Waals surface area contributed by atoms with Gasteiger partial charge in [-0.15, -0.1) is 29.1 Å². The van der Waals surface area contributed by atoms with E-state index in [1.54, 1.807) is 5.19 Å². The van der Waals surface area contributed by atoms with E-state index < -0.39 is 8.07 Å². The van der Waals surface area contributed by atoms with Gasteiger partial charge in [0.15, 0.2) is 5.78 Å². The van der Waals surface area contributed by atoms with Gasteiger partial charge in [-0.25, -0.2) is 0 Å². The number of aromatic nitrogens is 1. The van der Waals surface area contributed by atoms with Gasteiger partial charge < -0.3 is 5.11 Å². The molecule has 0 unspecified atom stereocenters. The zero-order valence-electron chi connectivity index (χ0n) is 28.4. The normalized spacial score (nSPS) is 12.2. The third kappa shape index (κ3) is 9.96. The third-order valence-electron chi connectivity index (χ3n) is 9.34. The molecule has 3 aromatic rings. The number of rotatable bonds is 12. The summed E-state index contributed by atoms with van der Waals surface area (Å²) >= 11 is 0. The Morgan fingerprint density at radius 2 is 1.44 bits per heavy atom. The van der Waals surface area contributed by atoms with E-state index in [2.05, 4.69) is 90.1 Å². The second-order valence-corrected chi connectivity index (χ2v) is 17.9. The number of hydrogen-bond donors (Lipinski definition) is 1. The van der Waals surface area contributed by atoms with Gasteiger partial charge in [0.25, 0.3) is 0 Å². The topological polar surface area (TPSA) is 50.2 Å². The van der Waals surface area contributed by atoms with Gasteiger partial charge in [-0.3, -0.25) is 9.78 Å². The summed E-state index contributed by atoms with van der Waals surface area (Å²) in [7, 11) is -1.42. The molecule has 0 saturated carbocycles. The van der Waals surface area contributed by atoms with Crippen molar-refractivity contribution in [3.8, 4) is 11.3 Å². The number of allylic oxidation sites excluding steroid dienone is 2. The molecule has 0 aliphatic rings. The van der Waals surface area contributed by atoms with Crippen molar-refractivity contribution < 1.29 is 30.0 Å². The summed E-state index contributed by atoms with van der Waals surface area (Å²) < 4.78 is 0. The monoisotopic (exact) mass is 779 g/mol. The predicted molar refractivity (Wildman–Crippen MR) is 185 cm³/mol. The van der Waals surface area contributed by atoms with Crippen molar-refractivity contribution >= 4 is 29.8 Å². The molecule has 0 aliphatic heterocycles. The summed E-state index contributed by atoms with van der Waals surface area (Å²) in [5.41, 5.74) is 3.63. The molecule has 0 bridgehead atoms. The van der Waals surface area contributed by atoms with Crippen LogP contribution in [0, 0.1) is 17.9 Å². The quantitative estimate of drug-likeness (QED) is 0.0862. The number of hydrogen-bond acceptors (Lipinski definition) is 3. The Hall–Kier alpha value is -2.07. The van der Waals surface area contributed by atoms with Crippen molar-refractivity contribution in [1.82, 2.24) is 4.98 Å². The zero-order valence-corrected chi connectivity index (χ0v) is 31.8. The molecular formula is C38H56IrNO2Si-. The summed E-state index contributed by atoms with van der Waals surface area (Å²) in [6.45, 7) is 22.0. The smallest absolute Gasteiger partial charge is 0.162 e. The molecule has 3 rings (SSSR count). The molecule has 1 radical (unpaired) electrons. The van der Waals surface area contributed by atoms with E-state index >= 15 is 0 Å². The Morgan fingerprint density at radius 3 is 1.95 bits per heavy atom. The molecule has 43 heavy (non-hydrogen) atoms. The van der Waals surface area contributed by atoms with Crippen molar-refractivity contribution in [2.24, 2.45) is 11.8 Å². The molecule has 1 N–H and O–H groups in total. The molecule has 0 saturated heterocycles. The number of carbonyl (C=O) groups excluding carboxylic acids is 1. The van der Waals surface area contributed by atoms with E-state index in [9.17, 15) is 9.90 Å². The second-order valence-electron chi connectivity index (χ2n) is 12.7. The number of fused-ring (bicyclic) bond motifs is 1. The Bertz CT molecular complexity index is 1310. The summed E-state index contributed by atoms with van der Waals surface area (Å²) in [4.78, 5) is 16.5. The van der Waals surface area contributed by atoms with Gasteiger partial charge in [0.1, 0.15) is 0 Å². The van der Waals surface area contributed by atoms with Crippen LogP contribution in [-0.2, 0) is 30.3 Å². The van der Waals surface area contributed by atoms with Gasteiger partial charge in [-0.05, 0) is 37.2 Å². The summed E-state index contributed by atoms with van der Waals surface area (Å²) in [5, 5.41) is 13.8. The number of pyridine rings is 1. The molecule has 0 spiro atoms. The van der Waals surface area contributed by atoms with Gasteiger partial charge >= 0.3 is 0 Å². The maximum Gasteiger partial charge on any atom is 0.162 e. The molecular weight excluding hydrogens is 723 g/mol. The van der Waals surface area contributed by atoms with Gasteiger partial charge in [0.2, 0.25) is 0 Å². The number of aliphatic hydroxyl groups is 1. The number of nitrogens with zero attached hydrogens (tertiary/aromatic N) is 1. The molecule has 3 nitrogen and oxygen atoms in total. The van der Waals surface area contributed by atoms with Crippen LogP contribution >= 0.6 is 0 Å². The standard InChI is InChI=1S/C25H32NSi.C13H24O2.Ir/c1-7-27(8-2,9-3)21-14-15-26-24(18-21)20-16-19-12-10-11-13-22(19)23(17-20)25(4,5)6;1-5-10(6-2)12(14)9-13(15)11(7-3)8-4;/h10-15,17-18H,7-9H2,1-6H3;9-11,14H,5-8H2,1-4H3;/q-1;;/b;12-9-;. The van der Waals surface area contributed by atoms with Crippen LogP contribution < -0.4 is 5.19 Å². The minimum absolute atomic E-state index is 0. The van der Waals surface area contributed by atoms with Crippen molar-refractivity contribution in [1.29, 1.82) is 0 Å². The van der Waals surface area contributed by atoms with Crippen molar-refractivity contribution in [3.63, 3.8) is 0 Å². The molecule has 5 heteroatoms. The fourth-order valence-electron chi connectivity index (χ4n) is 6.04. The van der Waals surface area contributed by atoms with Crippen molar-refractivity contribution in [3.05, 3.63) is 72.1 Å². The maximum atomic E-state index is 11.7. The van der Waals surface area contributed by atoms with Crippen LogP contribution in [0.1, 0.15) is 100 Å². The molecule has 2 aromatic carbocycles. The summed E-state index contributed by atoms with van der Waals surface area (Å²) in [6.07, 6.45) is 6.91. The number of benzene rings is 2. The molecule has 0 fully saturated rings. The zero-order chi connectivity index (χ0) is 31.5. The Balaban J connectivity index is 0.000000497. The van der Waals surface area contributed by atoms with Crippen LogP contribution in [0.3, 0.4) is 0 Å². The third-order valence-corrected chi connectivity index (χ3v) is 14.9. The van der Waals surface area contributed by atoms with E-state index in [-0.39, 0.29) is 48.9 Å². The average Bonchev–Trinajstić information content (AvgIpc) is 2.99. The van der Waals surface area contributed by atoms with E-state index in [0.717, 1.165) is 36.9 Å². The van der Waals surface area contributed by atoms with Crippen LogP contribution in [0.25, 0.3) is 22.0 Å². The van der Waals surface area contributed by atoms with Crippen LogP contribution in [0.5, 0.6) is 0 Å². The number of ketones is 1. The first-order valence-electron chi connectivity index (χ1n) is 16.3. The van der Waals surface area contributed by atoms with E-state index in [1.807, 2.05) is 33.9 Å². The van der Waals surface area contributed by atoms with Crippen molar-refractivity contribution in [2.45, 2.75) is 118 Å².